The predicted octanol–water partition coefficient (Wildman–Crippen LogP) is 7.25. The number of amides is 4. The molecule has 0 heterocycles. The third-order valence-corrected chi connectivity index (χ3v) is 6.79. The summed E-state index contributed by atoms with van der Waals surface area (Å²) in [7, 11) is 0. The van der Waals surface area contributed by atoms with Gasteiger partial charge in [-0.1, -0.05) is 47.1 Å². The minimum atomic E-state index is -0.860. The fourth-order valence-electron chi connectivity index (χ4n) is 4.12. The quantitative estimate of drug-likeness (QED) is 0.0731. The highest BCUT2D eigenvalue weighted by Crippen LogP contribution is 2.32. The molecule has 2 rings (SSSR count). The molecule has 288 valence electrons. The Balaban J connectivity index is 2.27. The van der Waals surface area contributed by atoms with Gasteiger partial charge < -0.3 is 29.7 Å². The Hall–Kier alpha value is -5.08. The summed E-state index contributed by atoms with van der Waals surface area (Å²) in [6.45, 7) is 19.5. The van der Waals surface area contributed by atoms with Crippen molar-refractivity contribution >= 4 is 64.6 Å². The van der Waals surface area contributed by atoms with E-state index in [0.29, 0.717) is 29.2 Å². The van der Waals surface area contributed by atoms with Crippen LogP contribution in [0.5, 0.6) is 5.75 Å². The zero-order valence-electron chi connectivity index (χ0n) is 31.1. The van der Waals surface area contributed by atoms with E-state index in [4.69, 9.17) is 42.3 Å². The minimum Gasteiger partial charge on any atom is -0.490 e. The number of alkyl carbamates (subject to hydrolysis) is 1. The lowest BCUT2D eigenvalue weighted by Crippen LogP contribution is -2.43. The number of ether oxygens (including phenoxy) is 3. The van der Waals surface area contributed by atoms with Crippen LogP contribution in [0.2, 0.25) is 10.0 Å². The lowest BCUT2D eigenvalue weighted by atomic mass is 10.1. The van der Waals surface area contributed by atoms with Crippen molar-refractivity contribution in [3.8, 4) is 5.75 Å². The second kappa shape index (κ2) is 20.8. The molecule has 0 fully saturated rings. The predicted molar refractivity (Wildman–Crippen MR) is 207 cm³/mol. The summed E-state index contributed by atoms with van der Waals surface area (Å²) in [5.41, 5.74) is -0.0983. The Kier molecular flexibility index (Phi) is 17.3. The second-order valence-electron chi connectivity index (χ2n) is 13.2. The van der Waals surface area contributed by atoms with Crippen LogP contribution in [0.3, 0.4) is 0 Å². The van der Waals surface area contributed by atoms with Crippen molar-refractivity contribution in [3.05, 3.63) is 82.9 Å². The van der Waals surface area contributed by atoms with E-state index in [9.17, 15) is 19.2 Å². The molecule has 0 aliphatic carbocycles. The number of guanidine groups is 1. The number of nitrogens with one attached hydrogen (secondary N) is 3. The monoisotopic (exact) mass is 774 g/mol. The molecule has 14 nitrogen and oxygen atoms in total. The molecule has 0 aliphatic heterocycles. The van der Waals surface area contributed by atoms with Crippen LogP contribution in [0.1, 0.15) is 66.0 Å². The molecule has 0 atom stereocenters. The molecule has 0 saturated carbocycles. The molecule has 2 aromatic rings. The van der Waals surface area contributed by atoms with Gasteiger partial charge in [0.15, 0.2) is 0 Å². The molecule has 2 aromatic carbocycles. The smallest absolute Gasteiger partial charge is 0.414 e. The first-order chi connectivity index (χ1) is 24.8. The molecule has 0 bridgehead atoms. The molecular weight excluding hydrogens is 727 g/mol. The Bertz CT molecular complexity index is 1660. The van der Waals surface area contributed by atoms with Crippen LogP contribution in [0.4, 0.5) is 15.3 Å². The summed E-state index contributed by atoms with van der Waals surface area (Å²) in [5.74, 6) is -0.862. The maximum atomic E-state index is 13.3. The fraction of sp³-hybridized carbons (Fsp3) is 0.405. The van der Waals surface area contributed by atoms with Crippen molar-refractivity contribution < 1.29 is 38.2 Å². The van der Waals surface area contributed by atoms with E-state index in [0.717, 1.165) is 0 Å². The highest BCUT2D eigenvalue weighted by atomic mass is 35.5. The molecule has 0 radical (unpaired) electrons. The number of carbonyl (C=O) groups is 4. The van der Waals surface area contributed by atoms with E-state index in [1.807, 2.05) is 0 Å². The molecule has 0 unspecified atom stereocenters. The van der Waals surface area contributed by atoms with Gasteiger partial charge in [0, 0.05) is 18.7 Å². The van der Waals surface area contributed by atoms with Gasteiger partial charge in [0.2, 0.25) is 11.9 Å². The zero-order chi connectivity index (χ0) is 39.8. The van der Waals surface area contributed by atoms with Gasteiger partial charge in [0.1, 0.15) is 36.7 Å². The molecule has 0 spiro atoms. The number of aliphatic imine (C=N–C) groups is 1. The molecule has 53 heavy (non-hydrogen) atoms. The van der Waals surface area contributed by atoms with Crippen molar-refractivity contribution in [2.45, 2.75) is 72.6 Å². The highest BCUT2D eigenvalue weighted by molar-refractivity contribution is 6.40. The number of rotatable bonds is 15. The van der Waals surface area contributed by atoms with Crippen molar-refractivity contribution in [3.63, 3.8) is 0 Å². The summed E-state index contributed by atoms with van der Waals surface area (Å²) in [5, 5.41) is 12.3. The van der Waals surface area contributed by atoms with Gasteiger partial charge in [-0.25, -0.2) is 9.59 Å². The Morgan fingerprint density at radius 2 is 1.55 bits per heavy atom. The molecule has 0 saturated heterocycles. The van der Waals surface area contributed by atoms with E-state index in [1.165, 1.54) is 23.1 Å². The molecule has 16 heteroatoms. The first-order valence-corrected chi connectivity index (χ1v) is 17.3. The van der Waals surface area contributed by atoms with E-state index in [-0.39, 0.29) is 54.4 Å². The number of nitrogens with zero attached hydrogens (tertiary/aromatic N) is 3. The lowest BCUT2D eigenvalue weighted by molar-refractivity contribution is -0.117. The largest absolute Gasteiger partial charge is 0.490 e. The van der Waals surface area contributed by atoms with Crippen molar-refractivity contribution in [2.75, 3.05) is 31.6 Å². The van der Waals surface area contributed by atoms with Crippen LogP contribution in [-0.2, 0) is 30.4 Å². The van der Waals surface area contributed by atoms with Crippen molar-refractivity contribution in [1.29, 1.82) is 0 Å². The van der Waals surface area contributed by atoms with Crippen LogP contribution >= 0.6 is 23.2 Å². The van der Waals surface area contributed by atoms with Crippen LogP contribution in [-0.4, -0.2) is 78.1 Å². The number of oxime groups is 1. The van der Waals surface area contributed by atoms with Crippen molar-refractivity contribution in [1.82, 2.24) is 15.5 Å². The van der Waals surface area contributed by atoms with E-state index in [2.05, 4.69) is 39.3 Å². The van der Waals surface area contributed by atoms with E-state index in [1.54, 1.807) is 78.8 Å². The van der Waals surface area contributed by atoms with Gasteiger partial charge in [-0.05, 0) is 90.4 Å². The number of benzene rings is 2. The van der Waals surface area contributed by atoms with E-state index >= 15 is 0 Å². The van der Waals surface area contributed by atoms with Gasteiger partial charge in [-0.3, -0.25) is 19.8 Å². The average Bonchev–Trinajstić information content (AvgIpc) is 3.04. The topological polar surface area (TPSA) is 169 Å². The summed E-state index contributed by atoms with van der Waals surface area (Å²) in [6.07, 6.45) is 1.26. The summed E-state index contributed by atoms with van der Waals surface area (Å²) in [4.78, 5) is 61.9. The van der Waals surface area contributed by atoms with Gasteiger partial charge in [-0.2, -0.15) is 4.99 Å². The second-order valence-corrected chi connectivity index (χ2v) is 14.0. The van der Waals surface area contributed by atoms with Gasteiger partial charge in [0.25, 0.3) is 5.91 Å². The molecule has 0 aromatic heterocycles. The number of carbonyl (C=O) groups excluding carboxylic acids is 4. The number of halogens is 2. The van der Waals surface area contributed by atoms with Crippen LogP contribution in [0.15, 0.2) is 71.9 Å². The molecule has 4 amide bonds. The van der Waals surface area contributed by atoms with Gasteiger partial charge >= 0.3 is 12.2 Å². The number of hydrogen-bond acceptors (Lipinski definition) is 9. The number of hydrogen-bond donors (Lipinski definition) is 3. The third-order valence-electron chi connectivity index (χ3n) is 6.20. The SMILES string of the molecule is C=CCOc1ccc(C(CC(=O)/N=C(/NCc2cc(Cl)c(NC(=O)CN(CC=C)C(=O)OC(C)(C)C)c(Cl)c2)NC(=O)OC(C)(C)C)=NOCC)cc1. The first kappa shape index (κ1) is 44.1. The lowest BCUT2D eigenvalue weighted by Gasteiger charge is -2.26. The summed E-state index contributed by atoms with van der Waals surface area (Å²) < 4.78 is 16.3. The van der Waals surface area contributed by atoms with Gasteiger partial charge in [0.05, 0.1) is 27.9 Å². The van der Waals surface area contributed by atoms with Crippen LogP contribution < -0.4 is 20.7 Å². The van der Waals surface area contributed by atoms with Crippen LogP contribution in [0, 0.1) is 0 Å². The highest BCUT2D eigenvalue weighted by Gasteiger charge is 2.24. The molecule has 3 N–H and O–H groups in total. The fourth-order valence-corrected chi connectivity index (χ4v) is 4.75. The summed E-state index contributed by atoms with van der Waals surface area (Å²) >= 11 is 13.0. The van der Waals surface area contributed by atoms with E-state index < -0.39 is 35.2 Å². The Labute approximate surface area is 320 Å². The molecule has 0 aliphatic rings. The average molecular weight is 776 g/mol. The summed E-state index contributed by atoms with van der Waals surface area (Å²) in [6, 6.07) is 9.94. The Morgan fingerprint density at radius 1 is 0.925 bits per heavy atom. The third kappa shape index (κ3) is 16.9. The maximum absolute atomic E-state index is 13.3. The molecular formula is C37H48Cl2N6O8. The standard InChI is InChI=1S/C37H48Cl2N6O8/c1-10-17-45(35(49)53-37(7,8)9)23-31(47)41-32-27(38)19-24(20-28(32)39)22-40-33(43-34(48)52-36(4,5)6)42-30(46)21-29(44-51-12-3)25-13-15-26(16-14-25)50-18-11-2/h10-11,13-16,19-20H,1-2,12,17-18,21-23H2,3-9H3,(H,41,47)(H2,40,42,43,46,48). The number of anilines is 1. The van der Waals surface area contributed by atoms with Gasteiger partial charge in [-0.15, -0.1) is 6.58 Å². The Morgan fingerprint density at radius 3 is 2.09 bits per heavy atom. The minimum absolute atomic E-state index is 0.0204. The zero-order valence-corrected chi connectivity index (χ0v) is 32.7. The maximum Gasteiger partial charge on any atom is 0.414 e. The normalized spacial score (nSPS) is 11.9. The first-order valence-electron chi connectivity index (χ1n) is 16.6. The van der Waals surface area contributed by atoms with Crippen LogP contribution in [0.25, 0.3) is 0 Å². The van der Waals surface area contributed by atoms with Crippen molar-refractivity contribution in [2.24, 2.45) is 10.1 Å².